The van der Waals surface area contributed by atoms with Crippen molar-refractivity contribution in [1.82, 2.24) is 5.32 Å². The van der Waals surface area contributed by atoms with Crippen LogP contribution in [0.25, 0.3) is 0 Å². The molecule has 0 aliphatic rings. The summed E-state index contributed by atoms with van der Waals surface area (Å²) in [6.07, 6.45) is 1.01. The van der Waals surface area contributed by atoms with E-state index in [0.717, 1.165) is 24.1 Å². The SMILES string of the molecule is CCCNC(C)CS(=O)(=O)c1ccc(C)c(C)c1. The van der Waals surface area contributed by atoms with Crippen molar-refractivity contribution in [1.29, 1.82) is 0 Å². The maximum Gasteiger partial charge on any atom is 0.179 e. The van der Waals surface area contributed by atoms with Gasteiger partial charge in [0.2, 0.25) is 0 Å². The molecule has 1 N–H and O–H groups in total. The van der Waals surface area contributed by atoms with E-state index in [0.29, 0.717) is 4.90 Å². The van der Waals surface area contributed by atoms with Gasteiger partial charge in [-0.2, -0.15) is 0 Å². The van der Waals surface area contributed by atoms with Crippen molar-refractivity contribution < 1.29 is 8.42 Å². The fourth-order valence-electron chi connectivity index (χ4n) is 1.78. The third-order valence-electron chi connectivity index (χ3n) is 3.05. The Balaban J connectivity index is 2.83. The van der Waals surface area contributed by atoms with Crippen LogP contribution in [0.15, 0.2) is 23.1 Å². The summed E-state index contributed by atoms with van der Waals surface area (Å²) in [5.74, 6) is 0.148. The van der Waals surface area contributed by atoms with Crippen LogP contribution >= 0.6 is 0 Å². The quantitative estimate of drug-likeness (QED) is 0.863. The van der Waals surface area contributed by atoms with Gasteiger partial charge in [-0.15, -0.1) is 0 Å². The molecule has 4 heteroatoms. The van der Waals surface area contributed by atoms with Crippen molar-refractivity contribution in [2.45, 2.75) is 45.1 Å². The Bertz CT molecular complexity index is 495. The van der Waals surface area contributed by atoms with Gasteiger partial charge in [0.1, 0.15) is 0 Å². The normalized spacial score (nSPS) is 13.6. The minimum Gasteiger partial charge on any atom is -0.313 e. The first-order valence-corrected chi connectivity index (χ1v) is 8.05. The molecule has 0 heterocycles. The Morgan fingerprint density at radius 1 is 1.22 bits per heavy atom. The Kier molecular flexibility index (Phi) is 5.35. The van der Waals surface area contributed by atoms with Crippen LogP contribution in [0.5, 0.6) is 0 Å². The smallest absolute Gasteiger partial charge is 0.179 e. The maximum atomic E-state index is 12.2. The lowest BCUT2D eigenvalue weighted by atomic mass is 10.1. The predicted octanol–water partition coefficient (Wildman–Crippen LogP) is 2.47. The first-order chi connectivity index (χ1) is 8.36. The Morgan fingerprint density at radius 3 is 2.44 bits per heavy atom. The van der Waals surface area contributed by atoms with E-state index in [4.69, 9.17) is 0 Å². The molecule has 0 saturated heterocycles. The van der Waals surface area contributed by atoms with Gasteiger partial charge < -0.3 is 5.32 Å². The van der Waals surface area contributed by atoms with Crippen LogP contribution in [-0.4, -0.2) is 26.8 Å². The first-order valence-electron chi connectivity index (χ1n) is 6.40. The summed E-state index contributed by atoms with van der Waals surface area (Å²) in [5, 5.41) is 3.20. The van der Waals surface area contributed by atoms with Crippen LogP contribution in [0.2, 0.25) is 0 Å². The van der Waals surface area contributed by atoms with Gasteiger partial charge in [0.25, 0.3) is 0 Å². The van der Waals surface area contributed by atoms with Crippen molar-refractivity contribution in [3.8, 4) is 0 Å². The lowest BCUT2D eigenvalue weighted by Crippen LogP contribution is -2.33. The molecule has 102 valence electrons. The van der Waals surface area contributed by atoms with Gasteiger partial charge in [-0.1, -0.05) is 13.0 Å². The highest BCUT2D eigenvalue weighted by molar-refractivity contribution is 7.91. The van der Waals surface area contributed by atoms with Crippen LogP contribution in [0.4, 0.5) is 0 Å². The molecular formula is C14H23NO2S. The molecule has 0 aliphatic heterocycles. The first kappa shape index (κ1) is 15.2. The second-order valence-corrected chi connectivity index (χ2v) is 6.92. The molecule has 0 spiro atoms. The van der Waals surface area contributed by atoms with E-state index in [-0.39, 0.29) is 11.8 Å². The summed E-state index contributed by atoms with van der Waals surface area (Å²) in [4.78, 5) is 0.427. The summed E-state index contributed by atoms with van der Waals surface area (Å²) in [7, 11) is -3.19. The van der Waals surface area contributed by atoms with Gasteiger partial charge >= 0.3 is 0 Å². The van der Waals surface area contributed by atoms with Gasteiger partial charge in [0.15, 0.2) is 9.84 Å². The average Bonchev–Trinajstić information content (AvgIpc) is 2.29. The second kappa shape index (κ2) is 6.34. The number of hydrogen-bond acceptors (Lipinski definition) is 3. The average molecular weight is 269 g/mol. The highest BCUT2D eigenvalue weighted by atomic mass is 32.2. The number of aryl methyl sites for hydroxylation is 2. The van der Waals surface area contributed by atoms with Crippen molar-refractivity contribution in [3.05, 3.63) is 29.3 Å². The fraction of sp³-hybridized carbons (Fsp3) is 0.571. The molecule has 0 aliphatic carbocycles. The molecule has 0 radical (unpaired) electrons. The number of benzene rings is 1. The zero-order valence-electron chi connectivity index (χ0n) is 11.7. The van der Waals surface area contributed by atoms with E-state index in [1.54, 1.807) is 12.1 Å². The van der Waals surface area contributed by atoms with Crippen molar-refractivity contribution >= 4 is 9.84 Å². The Hall–Kier alpha value is -0.870. The van der Waals surface area contributed by atoms with E-state index >= 15 is 0 Å². The standard InChI is InChI=1S/C14H23NO2S/c1-5-8-15-13(4)10-18(16,17)14-7-6-11(2)12(3)9-14/h6-7,9,13,15H,5,8,10H2,1-4H3. The number of rotatable bonds is 6. The third-order valence-corrected chi connectivity index (χ3v) is 4.96. The van der Waals surface area contributed by atoms with Crippen LogP contribution < -0.4 is 5.32 Å². The Labute approximate surface area is 111 Å². The number of sulfone groups is 1. The van der Waals surface area contributed by atoms with E-state index < -0.39 is 9.84 Å². The predicted molar refractivity (Wildman–Crippen MR) is 75.7 cm³/mol. The van der Waals surface area contributed by atoms with Crippen LogP contribution in [0.1, 0.15) is 31.4 Å². The maximum absolute atomic E-state index is 12.2. The van der Waals surface area contributed by atoms with Gasteiger partial charge in [0, 0.05) is 6.04 Å². The van der Waals surface area contributed by atoms with Gasteiger partial charge in [-0.05, 0) is 57.0 Å². The number of hydrogen-bond donors (Lipinski definition) is 1. The molecular weight excluding hydrogens is 246 g/mol. The molecule has 3 nitrogen and oxygen atoms in total. The van der Waals surface area contributed by atoms with Crippen LogP contribution in [0.3, 0.4) is 0 Å². The van der Waals surface area contributed by atoms with E-state index in [1.807, 2.05) is 26.8 Å². The minimum absolute atomic E-state index is 0.0171. The van der Waals surface area contributed by atoms with E-state index in [9.17, 15) is 8.42 Å². The summed E-state index contributed by atoms with van der Waals surface area (Å²) in [6.45, 7) is 8.75. The summed E-state index contributed by atoms with van der Waals surface area (Å²) < 4.78 is 24.5. The largest absolute Gasteiger partial charge is 0.313 e. The van der Waals surface area contributed by atoms with Crippen molar-refractivity contribution in [3.63, 3.8) is 0 Å². The third kappa shape index (κ3) is 4.10. The monoisotopic (exact) mass is 269 g/mol. The molecule has 1 rings (SSSR count). The zero-order chi connectivity index (χ0) is 13.8. The van der Waals surface area contributed by atoms with Gasteiger partial charge in [-0.25, -0.2) is 8.42 Å². The van der Waals surface area contributed by atoms with Crippen LogP contribution in [0, 0.1) is 13.8 Å². The molecule has 0 aromatic heterocycles. The van der Waals surface area contributed by atoms with Gasteiger partial charge in [-0.3, -0.25) is 0 Å². The summed E-state index contributed by atoms with van der Waals surface area (Å²) in [5.41, 5.74) is 2.14. The van der Waals surface area contributed by atoms with Crippen LogP contribution in [-0.2, 0) is 9.84 Å². The zero-order valence-corrected chi connectivity index (χ0v) is 12.5. The molecule has 1 atom stereocenters. The topological polar surface area (TPSA) is 46.2 Å². The van der Waals surface area contributed by atoms with E-state index in [2.05, 4.69) is 12.2 Å². The van der Waals surface area contributed by atoms with Gasteiger partial charge in [0.05, 0.1) is 10.6 Å². The van der Waals surface area contributed by atoms with E-state index in [1.165, 1.54) is 0 Å². The lowest BCUT2D eigenvalue weighted by Gasteiger charge is -2.14. The van der Waals surface area contributed by atoms with Crippen molar-refractivity contribution in [2.24, 2.45) is 0 Å². The minimum atomic E-state index is -3.19. The molecule has 1 unspecified atom stereocenters. The Morgan fingerprint density at radius 2 is 1.89 bits per heavy atom. The fourth-order valence-corrected chi connectivity index (χ4v) is 3.38. The molecule has 1 aromatic carbocycles. The molecule has 18 heavy (non-hydrogen) atoms. The molecule has 0 bridgehead atoms. The second-order valence-electron chi connectivity index (χ2n) is 4.88. The highest BCUT2D eigenvalue weighted by Crippen LogP contribution is 2.16. The highest BCUT2D eigenvalue weighted by Gasteiger charge is 2.18. The summed E-state index contributed by atoms with van der Waals surface area (Å²) >= 11 is 0. The molecule has 1 aromatic rings. The summed E-state index contributed by atoms with van der Waals surface area (Å²) in [6, 6.07) is 5.31. The molecule has 0 amide bonds. The van der Waals surface area contributed by atoms with Crippen molar-refractivity contribution in [2.75, 3.05) is 12.3 Å². The molecule has 0 fully saturated rings. The molecule has 0 saturated carbocycles. The lowest BCUT2D eigenvalue weighted by molar-refractivity contribution is 0.555. The number of nitrogens with one attached hydrogen (secondary N) is 1.